The minimum Gasteiger partial charge on any atom is -0.481 e. The van der Waals surface area contributed by atoms with Crippen molar-refractivity contribution in [1.82, 2.24) is 15.0 Å². The number of rotatable bonds is 4. The molecule has 104 valence electrons. The van der Waals surface area contributed by atoms with Crippen LogP contribution in [0.2, 0.25) is 0 Å². The molecule has 0 amide bonds. The Morgan fingerprint density at radius 3 is 2.30 bits per heavy atom. The predicted molar refractivity (Wildman–Crippen MR) is 69.7 cm³/mol. The Morgan fingerprint density at radius 1 is 1.10 bits per heavy atom. The lowest BCUT2D eigenvalue weighted by Crippen LogP contribution is -2.08. The largest absolute Gasteiger partial charge is 0.481 e. The van der Waals surface area contributed by atoms with Crippen LogP contribution in [0, 0.1) is 0 Å². The number of aromatic nitrogens is 3. The quantitative estimate of drug-likeness (QED) is 0.778. The molecule has 20 heavy (non-hydrogen) atoms. The molecule has 2 heterocycles. The van der Waals surface area contributed by atoms with Gasteiger partial charge < -0.3 is 14.2 Å². The molecule has 0 aliphatic rings. The van der Waals surface area contributed by atoms with Crippen LogP contribution in [0.25, 0.3) is 11.4 Å². The summed E-state index contributed by atoms with van der Waals surface area (Å²) in [5.74, 6) is 0.360. The van der Waals surface area contributed by atoms with E-state index >= 15 is 0 Å². The maximum Gasteiger partial charge on any atom is 0.357 e. The van der Waals surface area contributed by atoms with Crippen molar-refractivity contribution in [1.29, 1.82) is 0 Å². The highest BCUT2D eigenvalue weighted by atomic mass is 16.5. The van der Waals surface area contributed by atoms with Gasteiger partial charge in [-0.15, -0.1) is 0 Å². The van der Waals surface area contributed by atoms with Crippen molar-refractivity contribution in [2.45, 2.75) is 0 Å². The average molecular weight is 275 g/mol. The predicted octanol–water partition coefficient (Wildman–Crippen LogP) is 1.34. The Labute approximate surface area is 115 Å². The highest BCUT2D eigenvalue weighted by molar-refractivity contribution is 5.94. The van der Waals surface area contributed by atoms with Crippen LogP contribution in [0.15, 0.2) is 24.4 Å². The van der Waals surface area contributed by atoms with Gasteiger partial charge in [-0.25, -0.2) is 9.78 Å². The van der Waals surface area contributed by atoms with Gasteiger partial charge in [0.2, 0.25) is 11.8 Å². The van der Waals surface area contributed by atoms with Crippen molar-refractivity contribution in [2.75, 3.05) is 21.3 Å². The van der Waals surface area contributed by atoms with Crippen LogP contribution < -0.4 is 9.47 Å². The lowest BCUT2D eigenvalue weighted by Gasteiger charge is -2.08. The number of hydrogen-bond donors (Lipinski definition) is 0. The molecule has 2 rings (SSSR count). The van der Waals surface area contributed by atoms with Gasteiger partial charge in [-0.1, -0.05) is 0 Å². The first-order valence-electron chi connectivity index (χ1n) is 5.70. The van der Waals surface area contributed by atoms with E-state index in [0.717, 1.165) is 0 Å². The van der Waals surface area contributed by atoms with Gasteiger partial charge in [0.15, 0.2) is 11.5 Å². The summed E-state index contributed by atoms with van der Waals surface area (Å²) in [4.78, 5) is 24.1. The van der Waals surface area contributed by atoms with Gasteiger partial charge in [-0.05, 0) is 12.1 Å². The highest BCUT2D eigenvalue weighted by Gasteiger charge is 2.18. The SMILES string of the molecule is COC(=O)c1ncccc1-c1nc(OC)cc(OC)n1. The minimum absolute atomic E-state index is 0.130. The fraction of sp³-hybridized carbons (Fsp3) is 0.231. The van der Waals surface area contributed by atoms with Crippen LogP contribution in [-0.2, 0) is 4.74 Å². The van der Waals surface area contributed by atoms with Crippen molar-refractivity contribution < 1.29 is 19.0 Å². The smallest absolute Gasteiger partial charge is 0.357 e. The number of ether oxygens (including phenoxy) is 3. The van der Waals surface area contributed by atoms with Gasteiger partial charge in [-0.3, -0.25) is 0 Å². The second-order valence-corrected chi connectivity index (χ2v) is 3.67. The first kappa shape index (κ1) is 13.7. The molecule has 0 atom stereocenters. The monoisotopic (exact) mass is 275 g/mol. The Kier molecular flexibility index (Phi) is 4.09. The molecule has 0 N–H and O–H groups in total. The molecule has 0 bridgehead atoms. The number of methoxy groups -OCH3 is 3. The first-order chi connectivity index (χ1) is 9.69. The maximum atomic E-state index is 11.7. The molecule has 0 radical (unpaired) electrons. The van der Waals surface area contributed by atoms with E-state index in [1.165, 1.54) is 33.6 Å². The molecule has 2 aromatic rings. The lowest BCUT2D eigenvalue weighted by atomic mass is 10.2. The van der Waals surface area contributed by atoms with E-state index in [1.54, 1.807) is 12.1 Å². The molecule has 0 spiro atoms. The number of pyridine rings is 1. The second-order valence-electron chi connectivity index (χ2n) is 3.67. The molecule has 0 unspecified atom stereocenters. The number of carbonyl (C=O) groups excluding carboxylic acids is 1. The van der Waals surface area contributed by atoms with E-state index in [4.69, 9.17) is 14.2 Å². The lowest BCUT2D eigenvalue weighted by molar-refractivity contribution is 0.0595. The molecular formula is C13H13N3O4. The molecule has 0 aromatic carbocycles. The highest BCUT2D eigenvalue weighted by Crippen LogP contribution is 2.24. The average Bonchev–Trinajstić information content (AvgIpc) is 2.53. The zero-order chi connectivity index (χ0) is 14.5. The first-order valence-corrected chi connectivity index (χ1v) is 5.70. The number of carbonyl (C=O) groups is 1. The van der Waals surface area contributed by atoms with Crippen LogP contribution in [0.4, 0.5) is 0 Å². The molecule has 0 fully saturated rings. The number of nitrogens with zero attached hydrogens (tertiary/aromatic N) is 3. The second kappa shape index (κ2) is 5.96. The summed E-state index contributed by atoms with van der Waals surface area (Å²) >= 11 is 0. The summed E-state index contributed by atoms with van der Waals surface area (Å²) in [5.41, 5.74) is 0.571. The van der Waals surface area contributed by atoms with Gasteiger partial charge in [0.25, 0.3) is 0 Å². The van der Waals surface area contributed by atoms with E-state index < -0.39 is 5.97 Å². The molecule has 7 nitrogen and oxygen atoms in total. The van der Waals surface area contributed by atoms with Crippen molar-refractivity contribution in [2.24, 2.45) is 0 Å². The van der Waals surface area contributed by atoms with Crippen LogP contribution in [0.1, 0.15) is 10.5 Å². The summed E-state index contributed by atoms with van der Waals surface area (Å²) in [6, 6.07) is 4.89. The number of esters is 1. The molecule has 0 saturated heterocycles. The molecular weight excluding hydrogens is 262 g/mol. The van der Waals surface area contributed by atoms with Crippen LogP contribution >= 0.6 is 0 Å². The van der Waals surface area contributed by atoms with E-state index in [-0.39, 0.29) is 11.5 Å². The van der Waals surface area contributed by atoms with Crippen LogP contribution in [-0.4, -0.2) is 42.3 Å². The summed E-state index contributed by atoms with van der Waals surface area (Å²) in [5, 5.41) is 0. The van der Waals surface area contributed by atoms with Gasteiger partial charge in [0.05, 0.1) is 33.0 Å². The Bertz CT molecular complexity index is 609. The molecule has 2 aromatic heterocycles. The summed E-state index contributed by atoms with van der Waals surface area (Å²) in [6.45, 7) is 0. The van der Waals surface area contributed by atoms with E-state index in [9.17, 15) is 4.79 Å². The minimum atomic E-state index is -0.564. The van der Waals surface area contributed by atoms with Gasteiger partial charge in [-0.2, -0.15) is 9.97 Å². The fourth-order valence-corrected chi connectivity index (χ4v) is 1.58. The van der Waals surface area contributed by atoms with Crippen molar-refractivity contribution in [3.05, 3.63) is 30.1 Å². The third-order valence-corrected chi connectivity index (χ3v) is 2.52. The third-order valence-electron chi connectivity index (χ3n) is 2.52. The van der Waals surface area contributed by atoms with E-state index in [0.29, 0.717) is 17.3 Å². The Balaban J connectivity index is 2.59. The van der Waals surface area contributed by atoms with Crippen LogP contribution in [0.3, 0.4) is 0 Å². The zero-order valence-electron chi connectivity index (χ0n) is 11.3. The standard InChI is InChI=1S/C13H13N3O4/c1-18-9-7-10(19-2)16-12(15-9)8-5-4-6-14-11(8)13(17)20-3/h4-7H,1-3H3. The Morgan fingerprint density at radius 2 is 1.75 bits per heavy atom. The molecule has 0 aliphatic heterocycles. The van der Waals surface area contributed by atoms with Gasteiger partial charge in [0.1, 0.15) is 0 Å². The van der Waals surface area contributed by atoms with E-state index in [1.807, 2.05) is 0 Å². The van der Waals surface area contributed by atoms with E-state index in [2.05, 4.69) is 15.0 Å². The summed E-state index contributed by atoms with van der Waals surface area (Å²) < 4.78 is 14.8. The maximum absolute atomic E-state index is 11.7. The van der Waals surface area contributed by atoms with Crippen LogP contribution in [0.5, 0.6) is 11.8 Å². The fourth-order valence-electron chi connectivity index (χ4n) is 1.58. The molecule has 0 saturated carbocycles. The third kappa shape index (κ3) is 2.66. The van der Waals surface area contributed by atoms with Crippen molar-refractivity contribution in [3.8, 4) is 23.1 Å². The van der Waals surface area contributed by atoms with Gasteiger partial charge >= 0.3 is 5.97 Å². The number of hydrogen-bond acceptors (Lipinski definition) is 7. The Hall–Kier alpha value is -2.70. The molecule has 7 heteroatoms. The topological polar surface area (TPSA) is 83.4 Å². The summed E-state index contributed by atoms with van der Waals surface area (Å²) in [6.07, 6.45) is 1.49. The van der Waals surface area contributed by atoms with Crippen molar-refractivity contribution in [3.63, 3.8) is 0 Å². The normalized spacial score (nSPS) is 9.95. The molecule has 0 aliphatic carbocycles. The van der Waals surface area contributed by atoms with Gasteiger partial charge in [0, 0.05) is 6.20 Å². The zero-order valence-corrected chi connectivity index (χ0v) is 11.3. The van der Waals surface area contributed by atoms with Crippen molar-refractivity contribution >= 4 is 5.97 Å². The summed E-state index contributed by atoms with van der Waals surface area (Å²) in [7, 11) is 4.25.